The molecule has 29 heavy (non-hydrogen) atoms. The molecule has 2 N–H and O–H groups in total. The van der Waals surface area contributed by atoms with Gasteiger partial charge in [0.1, 0.15) is 0 Å². The maximum absolute atomic E-state index is 13.0. The van der Waals surface area contributed by atoms with Gasteiger partial charge in [-0.25, -0.2) is 4.79 Å². The first-order valence-electron chi connectivity index (χ1n) is 8.94. The van der Waals surface area contributed by atoms with Gasteiger partial charge in [0, 0.05) is 17.8 Å². The van der Waals surface area contributed by atoms with E-state index < -0.39 is 17.8 Å². The molecule has 150 valence electrons. The maximum atomic E-state index is 13.0. The number of hydrogen-bond donors (Lipinski definition) is 2. The second-order valence-corrected chi connectivity index (χ2v) is 7.03. The molecule has 2 aromatic heterocycles. The number of halogens is 3. The van der Waals surface area contributed by atoms with Crippen molar-refractivity contribution < 1.29 is 13.2 Å². The molecule has 2 heterocycles. The third kappa shape index (κ3) is 3.32. The molecule has 0 fully saturated rings. The largest absolute Gasteiger partial charge is 0.416 e. The van der Waals surface area contributed by atoms with Crippen LogP contribution in [0.3, 0.4) is 0 Å². The minimum Gasteiger partial charge on any atom is -0.362 e. The van der Waals surface area contributed by atoms with Crippen LogP contribution >= 0.6 is 0 Å². The summed E-state index contributed by atoms with van der Waals surface area (Å²) in [6.07, 6.45) is -4.41. The Morgan fingerprint density at radius 2 is 1.90 bits per heavy atom. The topological polar surface area (TPSA) is 75.6 Å². The second kappa shape index (κ2) is 6.61. The molecule has 0 aliphatic rings. The fourth-order valence-corrected chi connectivity index (χ4v) is 3.38. The van der Waals surface area contributed by atoms with Crippen molar-refractivity contribution in [3.8, 4) is 0 Å². The Hall–Kier alpha value is -3.36. The van der Waals surface area contributed by atoms with Crippen molar-refractivity contribution in [1.82, 2.24) is 19.7 Å². The average molecular weight is 401 g/mol. The summed E-state index contributed by atoms with van der Waals surface area (Å²) >= 11 is 0. The van der Waals surface area contributed by atoms with E-state index in [9.17, 15) is 18.0 Å². The van der Waals surface area contributed by atoms with Gasteiger partial charge in [0.15, 0.2) is 5.82 Å². The third-order valence-corrected chi connectivity index (χ3v) is 5.06. The van der Waals surface area contributed by atoms with E-state index in [1.54, 1.807) is 26.1 Å². The first kappa shape index (κ1) is 19.0. The first-order chi connectivity index (χ1) is 13.6. The van der Waals surface area contributed by atoms with Gasteiger partial charge in [0.25, 0.3) is 0 Å². The minimum absolute atomic E-state index is 0.235. The van der Waals surface area contributed by atoms with E-state index in [1.807, 2.05) is 13.0 Å². The molecule has 0 saturated heterocycles. The number of aromatic nitrogens is 4. The van der Waals surface area contributed by atoms with Gasteiger partial charge < -0.3 is 10.3 Å². The highest BCUT2D eigenvalue weighted by atomic mass is 19.4. The standard InChI is InChI=1S/C20H18F3N5O/c1-10(12-5-4-6-13(7-12)20(21,22)23)24-18-15-8-16-17(28(3)19(29)25-16)9-14(15)11(2)26-27-18/h4-10H,1-3H3,(H,24,27)(H,25,29)/t10-/m1/s1. The lowest BCUT2D eigenvalue weighted by Crippen LogP contribution is -2.12. The molecule has 2 aromatic carbocycles. The van der Waals surface area contributed by atoms with Gasteiger partial charge in [0.05, 0.1) is 28.3 Å². The number of rotatable bonds is 3. The highest BCUT2D eigenvalue weighted by molar-refractivity contribution is 6.01. The second-order valence-electron chi connectivity index (χ2n) is 7.03. The number of benzene rings is 2. The molecule has 4 aromatic rings. The Morgan fingerprint density at radius 1 is 1.14 bits per heavy atom. The molecule has 0 aliphatic heterocycles. The van der Waals surface area contributed by atoms with Crippen LogP contribution in [0.4, 0.5) is 19.0 Å². The molecule has 0 saturated carbocycles. The molecule has 0 amide bonds. The van der Waals surface area contributed by atoms with E-state index in [-0.39, 0.29) is 5.69 Å². The highest BCUT2D eigenvalue weighted by Gasteiger charge is 2.30. The van der Waals surface area contributed by atoms with Gasteiger partial charge in [-0.1, -0.05) is 12.1 Å². The van der Waals surface area contributed by atoms with Gasteiger partial charge in [-0.15, -0.1) is 5.10 Å². The van der Waals surface area contributed by atoms with Crippen LogP contribution in [0.15, 0.2) is 41.2 Å². The van der Waals surface area contributed by atoms with Crippen molar-refractivity contribution in [2.24, 2.45) is 7.05 Å². The van der Waals surface area contributed by atoms with E-state index in [2.05, 4.69) is 20.5 Å². The van der Waals surface area contributed by atoms with Gasteiger partial charge in [-0.2, -0.15) is 18.3 Å². The smallest absolute Gasteiger partial charge is 0.362 e. The lowest BCUT2D eigenvalue weighted by Gasteiger charge is -2.18. The molecule has 0 unspecified atom stereocenters. The zero-order valence-corrected chi connectivity index (χ0v) is 15.9. The van der Waals surface area contributed by atoms with Gasteiger partial charge >= 0.3 is 11.9 Å². The molecule has 1 atom stereocenters. The average Bonchev–Trinajstić information content (AvgIpc) is 2.96. The molecule has 0 aliphatic carbocycles. The van der Waals surface area contributed by atoms with Crippen molar-refractivity contribution in [3.05, 3.63) is 63.7 Å². The lowest BCUT2D eigenvalue weighted by atomic mass is 10.0. The van der Waals surface area contributed by atoms with Crippen molar-refractivity contribution in [1.29, 1.82) is 0 Å². The fraction of sp³-hybridized carbons (Fsp3) is 0.250. The fourth-order valence-electron chi connectivity index (χ4n) is 3.38. The number of hydrogen-bond acceptors (Lipinski definition) is 4. The normalized spacial score (nSPS) is 13.2. The summed E-state index contributed by atoms with van der Waals surface area (Å²) in [4.78, 5) is 14.7. The van der Waals surface area contributed by atoms with Crippen molar-refractivity contribution in [2.75, 3.05) is 5.32 Å². The molecule has 0 bridgehead atoms. The van der Waals surface area contributed by atoms with E-state index >= 15 is 0 Å². The zero-order chi connectivity index (χ0) is 20.9. The van der Waals surface area contributed by atoms with Gasteiger partial charge in [-0.3, -0.25) is 4.57 Å². The Bertz CT molecular complexity index is 1290. The van der Waals surface area contributed by atoms with Crippen molar-refractivity contribution >= 4 is 27.6 Å². The summed E-state index contributed by atoms with van der Waals surface area (Å²) in [7, 11) is 1.67. The quantitative estimate of drug-likeness (QED) is 0.536. The molecule has 0 radical (unpaired) electrons. The number of fused-ring (bicyclic) bond motifs is 2. The number of nitrogens with zero attached hydrogens (tertiary/aromatic N) is 3. The van der Waals surface area contributed by atoms with Crippen LogP contribution in [-0.4, -0.2) is 19.7 Å². The monoisotopic (exact) mass is 401 g/mol. The van der Waals surface area contributed by atoms with Crippen LogP contribution in [0.2, 0.25) is 0 Å². The van der Waals surface area contributed by atoms with Gasteiger partial charge in [-0.05, 0) is 43.7 Å². The van der Waals surface area contributed by atoms with Crippen molar-refractivity contribution in [2.45, 2.75) is 26.1 Å². The molecule has 0 spiro atoms. The number of aryl methyl sites for hydroxylation is 2. The van der Waals surface area contributed by atoms with E-state index in [1.165, 1.54) is 10.6 Å². The summed E-state index contributed by atoms with van der Waals surface area (Å²) < 4.78 is 40.6. The number of nitrogens with one attached hydrogen (secondary N) is 2. The first-order valence-corrected chi connectivity index (χ1v) is 8.94. The Balaban J connectivity index is 1.78. The minimum atomic E-state index is -4.41. The Labute approximate surface area is 163 Å². The van der Waals surface area contributed by atoms with Crippen LogP contribution in [0.25, 0.3) is 21.8 Å². The molecule has 9 heteroatoms. The predicted molar refractivity (Wildman–Crippen MR) is 105 cm³/mol. The maximum Gasteiger partial charge on any atom is 0.416 e. The Kier molecular flexibility index (Phi) is 4.33. The summed E-state index contributed by atoms with van der Waals surface area (Å²) in [5.41, 5.74) is 1.60. The molecular weight excluding hydrogens is 383 g/mol. The van der Waals surface area contributed by atoms with E-state index in [4.69, 9.17) is 0 Å². The number of imidazole rings is 1. The summed E-state index contributed by atoms with van der Waals surface area (Å²) in [6.45, 7) is 3.57. The molecule has 6 nitrogen and oxygen atoms in total. The summed E-state index contributed by atoms with van der Waals surface area (Å²) in [6, 6.07) is 8.38. The molecular formula is C20H18F3N5O. The van der Waals surface area contributed by atoms with Crippen molar-refractivity contribution in [3.63, 3.8) is 0 Å². The number of aromatic amines is 1. The number of alkyl halides is 3. The third-order valence-electron chi connectivity index (χ3n) is 5.06. The zero-order valence-electron chi connectivity index (χ0n) is 15.9. The van der Waals surface area contributed by atoms with Crippen LogP contribution in [-0.2, 0) is 13.2 Å². The highest BCUT2D eigenvalue weighted by Crippen LogP contribution is 2.33. The summed E-state index contributed by atoms with van der Waals surface area (Å²) in [5.74, 6) is 0.433. The van der Waals surface area contributed by atoms with E-state index in [0.717, 1.165) is 28.4 Å². The SMILES string of the molecule is Cc1nnc(N[C@H](C)c2cccc(C(F)(F)F)c2)c2cc3[nH]c(=O)n(C)c3cc12. The van der Waals surface area contributed by atoms with Crippen LogP contribution in [0.1, 0.15) is 29.8 Å². The molecule has 4 rings (SSSR count). The van der Waals surface area contributed by atoms with Crippen LogP contribution < -0.4 is 11.0 Å². The van der Waals surface area contributed by atoms with Crippen LogP contribution in [0, 0.1) is 6.92 Å². The van der Waals surface area contributed by atoms with Crippen LogP contribution in [0.5, 0.6) is 0 Å². The Morgan fingerprint density at radius 3 is 2.62 bits per heavy atom. The lowest BCUT2D eigenvalue weighted by molar-refractivity contribution is -0.137. The summed E-state index contributed by atoms with van der Waals surface area (Å²) in [5, 5.41) is 13.0. The number of anilines is 1. The van der Waals surface area contributed by atoms with E-state index in [0.29, 0.717) is 22.6 Å². The van der Waals surface area contributed by atoms with Gasteiger partial charge in [0.2, 0.25) is 0 Å². The number of H-pyrrole nitrogens is 1. The predicted octanol–water partition coefficient (Wildman–Crippen LogP) is 4.31.